The lowest BCUT2D eigenvalue weighted by Crippen LogP contribution is -2.43. The predicted molar refractivity (Wildman–Crippen MR) is 83.8 cm³/mol. The molecule has 21 heavy (non-hydrogen) atoms. The van der Waals surface area contributed by atoms with E-state index in [-0.39, 0.29) is 12.0 Å². The normalized spacial score (nSPS) is 21.6. The van der Waals surface area contributed by atoms with Crippen LogP contribution in [0.4, 0.5) is 5.69 Å². The molecule has 2 aliphatic heterocycles. The minimum atomic E-state index is 0.144. The highest BCUT2D eigenvalue weighted by atomic mass is 16.5. The summed E-state index contributed by atoms with van der Waals surface area (Å²) in [4.78, 5) is 14.8. The number of fused-ring (bicyclic) bond motifs is 1. The van der Waals surface area contributed by atoms with Crippen molar-refractivity contribution >= 4 is 11.6 Å². The highest BCUT2D eigenvalue weighted by Crippen LogP contribution is 2.28. The molecule has 1 saturated heterocycles. The molecule has 1 N–H and O–H groups in total. The molecule has 1 aromatic rings. The summed E-state index contributed by atoms with van der Waals surface area (Å²) < 4.78 is 5.70. The second kappa shape index (κ2) is 6.48. The van der Waals surface area contributed by atoms with Crippen molar-refractivity contribution in [2.45, 2.75) is 38.7 Å². The summed E-state index contributed by atoms with van der Waals surface area (Å²) in [5.41, 5.74) is 3.14. The third-order valence-corrected chi connectivity index (χ3v) is 4.37. The molecule has 114 valence electrons. The molecule has 0 aliphatic carbocycles. The Morgan fingerprint density at radius 1 is 1.43 bits per heavy atom. The molecule has 4 nitrogen and oxygen atoms in total. The van der Waals surface area contributed by atoms with Crippen LogP contribution >= 0.6 is 0 Å². The summed E-state index contributed by atoms with van der Waals surface area (Å²) in [5.74, 6) is 0.144. The van der Waals surface area contributed by atoms with E-state index in [1.807, 2.05) is 24.0 Å². The van der Waals surface area contributed by atoms with Gasteiger partial charge in [-0.05, 0) is 44.2 Å². The van der Waals surface area contributed by atoms with Crippen molar-refractivity contribution in [1.29, 1.82) is 0 Å². The lowest BCUT2D eigenvalue weighted by Gasteiger charge is -2.33. The third-order valence-electron chi connectivity index (χ3n) is 4.37. The van der Waals surface area contributed by atoms with Crippen LogP contribution in [0.1, 0.15) is 42.1 Å². The molecule has 1 amide bonds. The van der Waals surface area contributed by atoms with Crippen LogP contribution in [0.5, 0.6) is 0 Å². The molecule has 1 aromatic carbocycles. The van der Waals surface area contributed by atoms with E-state index in [0.29, 0.717) is 0 Å². The maximum Gasteiger partial charge on any atom is 0.256 e. The average Bonchev–Trinajstić information content (AvgIpc) is 2.54. The van der Waals surface area contributed by atoms with E-state index in [2.05, 4.69) is 11.4 Å². The molecule has 0 saturated carbocycles. The number of carbonyl (C=O) groups is 1. The summed E-state index contributed by atoms with van der Waals surface area (Å²) >= 11 is 0. The number of carbonyl (C=O) groups excluding carboxylic acids is 1. The first-order chi connectivity index (χ1) is 10.3. The second-order valence-corrected chi connectivity index (χ2v) is 5.84. The van der Waals surface area contributed by atoms with Crippen LogP contribution in [-0.2, 0) is 11.2 Å². The molecule has 2 aliphatic rings. The molecular weight excluding hydrogens is 264 g/mol. The SMILES string of the molecule is CCOC1CCCN(C(=O)c2cccc3c2NCCC3)C1. The number of benzene rings is 1. The number of para-hydroxylation sites is 1. The first-order valence-corrected chi connectivity index (χ1v) is 8.06. The first kappa shape index (κ1) is 14.4. The van der Waals surface area contributed by atoms with Crippen molar-refractivity contribution in [3.05, 3.63) is 29.3 Å². The minimum Gasteiger partial charge on any atom is -0.384 e. The molecule has 1 atom stereocenters. The van der Waals surface area contributed by atoms with Gasteiger partial charge in [0, 0.05) is 26.2 Å². The van der Waals surface area contributed by atoms with Gasteiger partial charge in [0.05, 0.1) is 17.4 Å². The molecule has 1 fully saturated rings. The monoisotopic (exact) mass is 288 g/mol. The van der Waals surface area contributed by atoms with E-state index >= 15 is 0 Å². The van der Waals surface area contributed by atoms with Crippen molar-refractivity contribution in [1.82, 2.24) is 4.90 Å². The van der Waals surface area contributed by atoms with Gasteiger partial charge in [0.1, 0.15) is 0 Å². The quantitative estimate of drug-likeness (QED) is 0.930. The molecular formula is C17H24N2O2. The van der Waals surface area contributed by atoms with Gasteiger partial charge in [0.15, 0.2) is 0 Å². The Labute approximate surface area is 126 Å². The van der Waals surface area contributed by atoms with E-state index in [9.17, 15) is 4.79 Å². The molecule has 2 heterocycles. The smallest absolute Gasteiger partial charge is 0.256 e. The molecule has 3 rings (SSSR count). The average molecular weight is 288 g/mol. The van der Waals surface area contributed by atoms with E-state index in [1.54, 1.807) is 0 Å². The van der Waals surface area contributed by atoms with Crippen molar-refractivity contribution in [3.63, 3.8) is 0 Å². The van der Waals surface area contributed by atoms with Crippen LogP contribution in [0.15, 0.2) is 18.2 Å². The van der Waals surface area contributed by atoms with Gasteiger partial charge >= 0.3 is 0 Å². The van der Waals surface area contributed by atoms with Crippen LogP contribution in [0.25, 0.3) is 0 Å². The number of likely N-dealkylation sites (tertiary alicyclic amines) is 1. The zero-order valence-electron chi connectivity index (χ0n) is 12.7. The maximum atomic E-state index is 12.9. The van der Waals surface area contributed by atoms with Gasteiger partial charge in [-0.2, -0.15) is 0 Å². The number of piperidine rings is 1. The Bertz CT molecular complexity index is 514. The Hall–Kier alpha value is -1.55. The zero-order valence-corrected chi connectivity index (χ0v) is 12.7. The molecule has 1 unspecified atom stereocenters. The number of amides is 1. The molecule has 4 heteroatoms. The van der Waals surface area contributed by atoms with Crippen molar-refractivity contribution in [2.24, 2.45) is 0 Å². The largest absolute Gasteiger partial charge is 0.384 e. The first-order valence-electron chi connectivity index (χ1n) is 8.06. The van der Waals surface area contributed by atoms with E-state index in [0.717, 1.165) is 63.2 Å². The highest BCUT2D eigenvalue weighted by Gasteiger charge is 2.27. The standard InChI is InChI=1S/C17H24N2O2/c1-2-21-14-8-5-11-19(12-14)17(20)15-9-3-6-13-7-4-10-18-16(13)15/h3,6,9,14,18H,2,4-5,7-8,10-12H2,1H3. The number of anilines is 1. The molecule has 0 aromatic heterocycles. The topological polar surface area (TPSA) is 41.6 Å². The summed E-state index contributed by atoms with van der Waals surface area (Å²) in [6, 6.07) is 6.07. The van der Waals surface area contributed by atoms with Crippen LogP contribution in [0.3, 0.4) is 0 Å². The number of nitrogens with one attached hydrogen (secondary N) is 1. The van der Waals surface area contributed by atoms with Crippen LogP contribution in [0.2, 0.25) is 0 Å². The lowest BCUT2D eigenvalue weighted by atomic mass is 9.98. The fourth-order valence-corrected chi connectivity index (χ4v) is 3.35. The van der Waals surface area contributed by atoms with Gasteiger partial charge in [-0.1, -0.05) is 12.1 Å². The zero-order chi connectivity index (χ0) is 14.7. The minimum absolute atomic E-state index is 0.144. The van der Waals surface area contributed by atoms with Gasteiger partial charge < -0.3 is 15.0 Å². The van der Waals surface area contributed by atoms with Crippen LogP contribution in [0, 0.1) is 0 Å². The number of hydrogen-bond acceptors (Lipinski definition) is 3. The Balaban J connectivity index is 1.79. The number of hydrogen-bond donors (Lipinski definition) is 1. The second-order valence-electron chi connectivity index (χ2n) is 5.84. The Morgan fingerprint density at radius 2 is 2.33 bits per heavy atom. The summed E-state index contributed by atoms with van der Waals surface area (Å²) in [7, 11) is 0. The van der Waals surface area contributed by atoms with Crippen LogP contribution < -0.4 is 5.32 Å². The Kier molecular flexibility index (Phi) is 4.44. The summed E-state index contributed by atoms with van der Waals surface area (Å²) in [6.07, 6.45) is 4.48. The lowest BCUT2D eigenvalue weighted by molar-refractivity contribution is 0.00727. The number of rotatable bonds is 3. The third kappa shape index (κ3) is 3.05. The fraction of sp³-hybridized carbons (Fsp3) is 0.588. The fourth-order valence-electron chi connectivity index (χ4n) is 3.35. The van der Waals surface area contributed by atoms with Gasteiger partial charge in [0.2, 0.25) is 0 Å². The molecule has 0 spiro atoms. The van der Waals surface area contributed by atoms with Crippen molar-refractivity contribution < 1.29 is 9.53 Å². The number of ether oxygens (including phenoxy) is 1. The number of aryl methyl sites for hydroxylation is 1. The number of nitrogens with zero attached hydrogens (tertiary/aromatic N) is 1. The summed E-state index contributed by atoms with van der Waals surface area (Å²) in [6.45, 7) is 5.24. The predicted octanol–water partition coefficient (Wildman–Crippen LogP) is 2.69. The Morgan fingerprint density at radius 3 is 3.19 bits per heavy atom. The van der Waals surface area contributed by atoms with E-state index in [4.69, 9.17) is 4.74 Å². The summed E-state index contributed by atoms with van der Waals surface area (Å²) in [5, 5.41) is 3.41. The van der Waals surface area contributed by atoms with E-state index in [1.165, 1.54) is 5.56 Å². The maximum absolute atomic E-state index is 12.9. The van der Waals surface area contributed by atoms with Gasteiger partial charge in [0.25, 0.3) is 5.91 Å². The van der Waals surface area contributed by atoms with Gasteiger partial charge in [-0.15, -0.1) is 0 Å². The van der Waals surface area contributed by atoms with Gasteiger partial charge in [-0.3, -0.25) is 4.79 Å². The van der Waals surface area contributed by atoms with Crippen molar-refractivity contribution in [3.8, 4) is 0 Å². The van der Waals surface area contributed by atoms with Crippen LogP contribution in [-0.4, -0.2) is 43.2 Å². The van der Waals surface area contributed by atoms with Gasteiger partial charge in [-0.25, -0.2) is 0 Å². The van der Waals surface area contributed by atoms with Crippen molar-refractivity contribution in [2.75, 3.05) is 31.6 Å². The highest BCUT2D eigenvalue weighted by molar-refractivity contribution is 6.00. The molecule has 0 bridgehead atoms. The van der Waals surface area contributed by atoms with E-state index < -0.39 is 0 Å². The molecule has 0 radical (unpaired) electrons.